The molecule has 0 spiro atoms. The SMILES string of the molecule is [2H]c1ccc(-c2cccc(-n3c4c([2H])c([2H])c([2H])c([2H])c4c4c([2H])c(-c5c([2H])c([2H])c6c(c5[2H])c5c([2H])c([2H])c([2H])c([2H])c5n6-c5c([2H])c([2H])c([2H])c6c7c([2H])c([2H])c([2H])c([2H])c7n(-c7ccccc7)c56)c([2H])c([2H])c43)c2)cc1. The minimum Gasteiger partial charge on any atom is -0.309 e. The second kappa shape index (κ2) is 12.5. The van der Waals surface area contributed by atoms with Gasteiger partial charge in [-0.15, -0.1) is 0 Å². The molecule has 0 radical (unpaired) electrons. The third-order valence-electron chi connectivity index (χ3n) is 10.2. The van der Waals surface area contributed by atoms with Crippen LogP contribution in [-0.4, -0.2) is 13.7 Å². The Balaban J connectivity index is 1.27. The van der Waals surface area contributed by atoms with E-state index in [1.165, 1.54) is 9.13 Å². The Morgan fingerprint density at radius 2 is 0.842 bits per heavy atom. The van der Waals surface area contributed by atoms with E-state index in [0.717, 1.165) is 4.57 Å². The van der Waals surface area contributed by atoms with Gasteiger partial charge in [-0.3, -0.25) is 0 Å². The Hall–Kier alpha value is -7.62. The summed E-state index contributed by atoms with van der Waals surface area (Å²) >= 11 is 0. The van der Waals surface area contributed by atoms with Gasteiger partial charge in [-0.2, -0.15) is 0 Å². The van der Waals surface area contributed by atoms with E-state index in [-0.39, 0.29) is 61.0 Å². The predicted octanol–water partition coefficient (Wildman–Crippen LogP) is 14.3. The maximum Gasteiger partial charge on any atom is 0.0782 e. The molecule has 0 amide bonds. The van der Waals surface area contributed by atoms with Gasteiger partial charge in [0.15, 0.2) is 0 Å². The van der Waals surface area contributed by atoms with Crippen LogP contribution in [0.15, 0.2) is 212 Å². The van der Waals surface area contributed by atoms with Crippen molar-refractivity contribution in [3.8, 4) is 39.3 Å². The van der Waals surface area contributed by atoms with Gasteiger partial charge in [-0.05, 0) is 94.9 Å². The van der Waals surface area contributed by atoms with Crippen LogP contribution < -0.4 is 0 Å². The first-order valence-corrected chi connectivity index (χ1v) is 17.8. The zero-order valence-corrected chi connectivity index (χ0v) is 29.3. The van der Waals surface area contributed by atoms with Crippen LogP contribution in [0.2, 0.25) is 0 Å². The summed E-state index contributed by atoms with van der Waals surface area (Å²) in [5.74, 6) is 0. The molecule has 0 aliphatic carbocycles. The Kier molecular flexibility index (Phi) is 3.72. The molecule has 12 aromatic rings. The molecule has 3 heteroatoms. The Morgan fingerprint density at radius 3 is 1.53 bits per heavy atom. The van der Waals surface area contributed by atoms with Crippen LogP contribution in [0.25, 0.3) is 105 Å². The van der Waals surface area contributed by atoms with Gasteiger partial charge in [-0.25, -0.2) is 0 Å². The van der Waals surface area contributed by atoms with E-state index in [9.17, 15) is 19.2 Å². The number of fused-ring (bicyclic) bond motifs is 9. The highest BCUT2D eigenvalue weighted by Gasteiger charge is 2.21. The zero-order valence-electron chi connectivity index (χ0n) is 51.3. The molecule has 0 fully saturated rings. The van der Waals surface area contributed by atoms with Crippen LogP contribution in [0.1, 0.15) is 30.2 Å². The fraction of sp³-hybridized carbons (Fsp3) is 0. The number of para-hydroxylation sites is 5. The van der Waals surface area contributed by atoms with Gasteiger partial charge in [0, 0.05) is 43.7 Å². The molecule has 3 aromatic heterocycles. The molecular formula is C54H35N3. The largest absolute Gasteiger partial charge is 0.309 e. The quantitative estimate of drug-likeness (QED) is 0.167. The number of nitrogens with zero attached hydrogens (tertiary/aromatic N) is 3. The molecule has 0 aliphatic heterocycles. The second-order valence-corrected chi connectivity index (χ2v) is 13.2. The molecule has 3 nitrogen and oxygen atoms in total. The van der Waals surface area contributed by atoms with Crippen molar-refractivity contribution in [1.29, 1.82) is 0 Å². The summed E-state index contributed by atoms with van der Waals surface area (Å²) < 4.78 is 207. The number of hydrogen-bond donors (Lipinski definition) is 0. The number of aromatic nitrogens is 3. The van der Waals surface area contributed by atoms with E-state index in [1.807, 2.05) is 0 Å². The predicted molar refractivity (Wildman–Crippen MR) is 240 cm³/mol. The van der Waals surface area contributed by atoms with Crippen molar-refractivity contribution in [2.24, 2.45) is 0 Å². The molecule has 0 unspecified atom stereocenters. The van der Waals surface area contributed by atoms with Crippen LogP contribution in [-0.2, 0) is 0 Å². The van der Waals surface area contributed by atoms with Gasteiger partial charge in [0.05, 0.1) is 68.9 Å². The van der Waals surface area contributed by atoms with E-state index in [1.54, 1.807) is 78.9 Å². The van der Waals surface area contributed by atoms with Crippen molar-refractivity contribution in [3.05, 3.63) is 212 Å². The van der Waals surface area contributed by atoms with Crippen molar-refractivity contribution in [2.45, 2.75) is 0 Å². The Morgan fingerprint density at radius 1 is 0.316 bits per heavy atom. The van der Waals surface area contributed by atoms with Gasteiger partial charge in [-0.1, -0.05) is 139 Å². The molecule has 57 heavy (non-hydrogen) atoms. The van der Waals surface area contributed by atoms with E-state index in [0.29, 0.717) is 11.1 Å². The van der Waals surface area contributed by atoms with Crippen molar-refractivity contribution in [2.75, 3.05) is 0 Å². The molecular weight excluding hydrogens is 691 g/mol. The minimum absolute atomic E-state index is 0.169. The van der Waals surface area contributed by atoms with E-state index >= 15 is 0 Å². The molecule has 12 rings (SSSR count). The fourth-order valence-corrected chi connectivity index (χ4v) is 7.72. The topological polar surface area (TPSA) is 14.8 Å². The third kappa shape index (κ3) is 4.79. The minimum atomic E-state index is -0.885. The molecule has 9 aromatic carbocycles. The highest BCUT2D eigenvalue weighted by atomic mass is 15.1. The van der Waals surface area contributed by atoms with E-state index in [2.05, 4.69) is 0 Å². The summed E-state index contributed by atoms with van der Waals surface area (Å²) in [6.45, 7) is 0. The highest BCUT2D eigenvalue weighted by Crippen LogP contribution is 2.41. The summed E-state index contributed by atoms with van der Waals surface area (Å²) in [6, 6.07) is 6.58. The van der Waals surface area contributed by atoms with Gasteiger partial charge in [0.2, 0.25) is 0 Å². The van der Waals surface area contributed by atoms with Gasteiger partial charge in [0.1, 0.15) is 0 Å². The van der Waals surface area contributed by atoms with Crippen molar-refractivity contribution in [1.82, 2.24) is 13.7 Å². The lowest BCUT2D eigenvalue weighted by Gasteiger charge is -2.14. The summed E-state index contributed by atoms with van der Waals surface area (Å²) in [5.41, 5.74) is -1.71. The lowest BCUT2D eigenvalue weighted by atomic mass is 10.0. The Labute approximate surface area is 360 Å². The average molecular weight is 748 g/mol. The second-order valence-electron chi connectivity index (χ2n) is 13.2. The monoisotopic (exact) mass is 747 g/mol. The van der Waals surface area contributed by atoms with Crippen LogP contribution >= 0.6 is 0 Å². The summed E-state index contributed by atoms with van der Waals surface area (Å²) in [6.07, 6.45) is 0. The lowest BCUT2D eigenvalue weighted by Crippen LogP contribution is -2.00. The molecule has 0 atom stereocenters. The van der Waals surface area contributed by atoms with E-state index in [4.69, 9.17) is 11.0 Å². The normalized spacial score (nSPS) is 17.3. The number of hydrogen-bond acceptors (Lipinski definition) is 0. The molecule has 0 saturated heterocycles. The van der Waals surface area contributed by atoms with Crippen LogP contribution in [0.5, 0.6) is 0 Å². The first-order valence-electron chi connectivity index (χ1n) is 28.8. The molecule has 266 valence electrons. The van der Waals surface area contributed by atoms with Gasteiger partial charge in [0.25, 0.3) is 0 Å². The zero-order chi connectivity index (χ0) is 56.6. The first-order chi connectivity index (χ1) is 37.5. The van der Waals surface area contributed by atoms with Crippen LogP contribution in [0.3, 0.4) is 0 Å². The first kappa shape index (κ1) is 17.0. The lowest BCUT2D eigenvalue weighted by molar-refractivity contribution is 1.13. The smallest absolute Gasteiger partial charge is 0.0782 e. The number of benzene rings is 9. The molecule has 3 heterocycles. The van der Waals surface area contributed by atoms with Gasteiger partial charge >= 0.3 is 0 Å². The fourth-order valence-electron chi connectivity index (χ4n) is 7.72. The van der Waals surface area contributed by atoms with Crippen LogP contribution in [0.4, 0.5) is 0 Å². The van der Waals surface area contributed by atoms with Crippen molar-refractivity contribution < 1.29 is 30.2 Å². The maximum atomic E-state index is 10.1. The van der Waals surface area contributed by atoms with E-state index < -0.39 is 166 Å². The van der Waals surface area contributed by atoms with Crippen molar-refractivity contribution in [3.63, 3.8) is 0 Å². The standard InChI is InChI=1S/C54H35N3/c1-3-15-36(16-4-1)37-17-13-20-41(33-37)55-48-25-10-8-22-43(48)46-34-38(29-31-51(46)55)39-30-32-52-47(35-39)44-23-9-12-27-50(44)57(52)53-28-14-24-45-42-21-7-11-26-49(42)56(54(45)53)40-18-5-2-6-19-40/h1-35H/i1D,7D,8D,9D,10D,11D,12D,14D,21D,22D,23D,24D,25D,26D,27D,28D,29D,30D,31D,32D,34D,35D. The molecule has 0 N–H and O–H groups in total. The third-order valence-corrected chi connectivity index (χ3v) is 10.2. The summed E-state index contributed by atoms with van der Waals surface area (Å²) in [5, 5.41) is -1.93. The van der Waals surface area contributed by atoms with Crippen molar-refractivity contribution >= 4 is 65.4 Å². The Bertz CT molecular complexity index is 4790. The maximum absolute atomic E-state index is 10.1. The summed E-state index contributed by atoms with van der Waals surface area (Å²) in [7, 11) is 0. The molecule has 0 saturated carbocycles. The summed E-state index contributed by atoms with van der Waals surface area (Å²) in [4.78, 5) is 0. The van der Waals surface area contributed by atoms with Gasteiger partial charge < -0.3 is 13.7 Å². The number of rotatable bonds is 5. The molecule has 0 aliphatic rings. The molecule has 0 bridgehead atoms. The average Bonchev–Trinajstić information content (AvgIpc) is 2.53. The highest BCUT2D eigenvalue weighted by molar-refractivity contribution is 6.16. The van der Waals surface area contributed by atoms with Crippen LogP contribution in [0, 0.1) is 0 Å².